The van der Waals surface area contributed by atoms with Crippen molar-refractivity contribution >= 4 is 58.2 Å². The van der Waals surface area contributed by atoms with Gasteiger partial charge in [0.25, 0.3) is 5.91 Å². The van der Waals surface area contributed by atoms with Crippen molar-refractivity contribution in [1.29, 1.82) is 0 Å². The van der Waals surface area contributed by atoms with Crippen LogP contribution in [-0.2, 0) is 0 Å². The van der Waals surface area contributed by atoms with Crippen molar-refractivity contribution in [1.82, 2.24) is 15.5 Å². The summed E-state index contributed by atoms with van der Waals surface area (Å²) in [5.41, 5.74) is 1.68. The molecule has 1 heterocycles. The first-order valence-corrected chi connectivity index (χ1v) is 10.8. The number of nitrogens with one attached hydrogen (secondary N) is 3. The van der Waals surface area contributed by atoms with Crippen molar-refractivity contribution in [2.75, 3.05) is 5.32 Å². The average molecular weight is 521 g/mol. The fourth-order valence-electron chi connectivity index (χ4n) is 2.93. The van der Waals surface area contributed by atoms with Gasteiger partial charge in [-0.2, -0.15) is 10.1 Å². The molecule has 0 saturated heterocycles. The number of guanidine groups is 1. The Kier molecular flexibility index (Phi) is 7.12. The molecule has 0 aliphatic carbocycles. The van der Waals surface area contributed by atoms with E-state index < -0.39 is 17.5 Å². The van der Waals surface area contributed by atoms with Crippen LogP contribution >= 0.6 is 34.8 Å². The molecule has 4 rings (SSSR count). The van der Waals surface area contributed by atoms with Crippen LogP contribution in [0.25, 0.3) is 11.3 Å². The number of H-pyrrole nitrogens is 1. The molecule has 34 heavy (non-hydrogen) atoms. The van der Waals surface area contributed by atoms with E-state index in [9.17, 15) is 13.6 Å². The van der Waals surface area contributed by atoms with Crippen LogP contribution in [0, 0.1) is 11.6 Å². The predicted octanol–water partition coefficient (Wildman–Crippen LogP) is 6.84. The van der Waals surface area contributed by atoms with Crippen LogP contribution in [0.5, 0.6) is 0 Å². The van der Waals surface area contributed by atoms with Crippen molar-refractivity contribution in [3.63, 3.8) is 0 Å². The van der Waals surface area contributed by atoms with Gasteiger partial charge < -0.3 is 5.32 Å². The molecule has 0 aliphatic heterocycles. The summed E-state index contributed by atoms with van der Waals surface area (Å²) in [5, 5.41) is 12.9. The zero-order valence-electron chi connectivity index (χ0n) is 17.0. The maximum Gasteiger partial charge on any atom is 0.258 e. The highest BCUT2D eigenvalue weighted by Gasteiger charge is 2.14. The van der Waals surface area contributed by atoms with Gasteiger partial charge >= 0.3 is 0 Å². The van der Waals surface area contributed by atoms with E-state index in [1.807, 2.05) is 0 Å². The normalized spacial score (nSPS) is 11.4. The third-order valence-corrected chi connectivity index (χ3v) is 5.26. The molecule has 0 aliphatic rings. The maximum absolute atomic E-state index is 13.8. The predicted molar refractivity (Wildman–Crippen MR) is 130 cm³/mol. The van der Waals surface area contributed by atoms with Gasteiger partial charge in [-0.25, -0.2) is 8.78 Å². The number of hydrogen-bond acceptors (Lipinski definition) is 3. The van der Waals surface area contributed by atoms with E-state index in [-0.39, 0.29) is 33.1 Å². The van der Waals surface area contributed by atoms with Crippen LogP contribution < -0.4 is 10.6 Å². The molecular formula is C23H14Cl3F2N5O. The Labute approximate surface area is 207 Å². The molecule has 0 radical (unpaired) electrons. The van der Waals surface area contributed by atoms with E-state index >= 15 is 0 Å². The number of halogens is 5. The van der Waals surface area contributed by atoms with Gasteiger partial charge in [0, 0.05) is 27.4 Å². The van der Waals surface area contributed by atoms with Crippen LogP contribution in [0.4, 0.5) is 20.3 Å². The number of aromatic amines is 1. The Morgan fingerprint density at radius 1 is 0.912 bits per heavy atom. The summed E-state index contributed by atoms with van der Waals surface area (Å²) in [5.74, 6) is -1.92. The van der Waals surface area contributed by atoms with Crippen LogP contribution in [0.3, 0.4) is 0 Å². The van der Waals surface area contributed by atoms with E-state index in [4.69, 9.17) is 34.8 Å². The van der Waals surface area contributed by atoms with E-state index in [0.29, 0.717) is 10.7 Å². The Morgan fingerprint density at radius 2 is 1.68 bits per heavy atom. The topological polar surface area (TPSA) is 82.2 Å². The molecule has 11 heteroatoms. The van der Waals surface area contributed by atoms with Gasteiger partial charge in [0.05, 0.1) is 10.7 Å². The Balaban J connectivity index is 1.65. The lowest BCUT2D eigenvalue weighted by molar-refractivity contribution is 0.0976. The largest absolute Gasteiger partial charge is 0.325 e. The van der Waals surface area contributed by atoms with Crippen LogP contribution in [0.15, 0.2) is 71.7 Å². The summed E-state index contributed by atoms with van der Waals surface area (Å²) >= 11 is 17.5. The number of nitrogens with zero attached hydrogens (tertiary/aromatic N) is 2. The summed E-state index contributed by atoms with van der Waals surface area (Å²) in [7, 11) is 0. The molecule has 0 bridgehead atoms. The molecule has 1 aromatic heterocycles. The van der Waals surface area contributed by atoms with Gasteiger partial charge in [-0.05, 0) is 54.1 Å². The van der Waals surface area contributed by atoms with E-state index in [1.165, 1.54) is 24.3 Å². The number of carbonyl (C=O) groups excluding carboxylic acids is 1. The van der Waals surface area contributed by atoms with Crippen LogP contribution in [0.1, 0.15) is 10.4 Å². The zero-order chi connectivity index (χ0) is 24.2. The minimum atomic E-state index is -0.752. The molecular weight excluding hydrogens is 507 g/mol. The lowest BCUT2D eigenvalue weighted by Crippen LogP contribution is -2.36. The summed E-state index contributed by atoms with van der Waals surface area (Å²) in [6.45, 7) is 0. The van der Waals surface area contributed by atoms with Gasteiger partial charge in [0.2, 0.25) is 5.96 Å². The minimum absolute atomic E-state index is 0.00226. The standard InChI is InChI=1S/C23H14Cl3F2N5O/c24-14-4-1-12(2-5-14)20-11-21(33-32-20)30-23(29-17-9-15(25)8-16(27)10-17)31-22(34)13-3-6-18(26)19(28)7-13/h1-11H,(H3,29,30,31,32,33,34). The van der Waals surface area contributed by atoms with Gasteiger partial charge in [-0.3, -0.25) is 15.2 Å². The highest BCUT2D eigenvalue weighted by atomic mass is 35.5. The maximum atomic E-state index is 13.8. The highest BCUT2D eigenvalue weighted by molar-refractivity contribution is 6.31. The second kappa shape index (κ2) is 10.2. The molecule has 1 amide bonds. The summed E-state index contributed by atoms with van der Waals surface area (Å²) in [4.78, 5) is 17.0. The molecule has 172 valence electrons. The highest BCUT2D eigenvalue weighted by Crippen LogP contribution is 2.24. The Bertz CT molecular complexity index is 1370. The van der Waals surface area contributed by atoms with Crippen LogP contribution in [0.2, 0.25) is 15.1 Å². The van der Waals surface area contributed by atoms with Crippen molar-refractivity contribution in [2.24, 2.45) is 4.99 Å². The quantitative estimate of drug-likeness (QED) is 0.203. The second-order valence-electron chi connectivity index (χ2n) is 6.97. The van der Waals surface area contributed by atoms with Crippen molar-refractivity contribution in [2.45, 2.75) is 0 Å². The molecule has 0 fully saturated rings. The summed E-state index contributed by atoms with van der Waals surface area (Å²) in [6, 6.07) is 16.0. The fourth-order valence-corrected chi connectivity index (χ4v) is 3.39. The first-order valence-electron chi connectivity index (χ1n) is 9.66. The number of benzene rings is 3. The monoisotopic (exact) mass is 519 g/mol. The summed E-state index contributed by atoms with van der Waals surface area (Å²) in [6.07, 6.45) is 0. The average Bonchev–Trinajstić information content (AvgIpc) is 3.23. The van der Waals surface area contributed by atoms with Crippen molar-refractivity contribution in [3.8, 4) is 11.3 Å². The first-order chi connectivity index (χ1) is 16.3. The number of anilines is 1. The van der Waals surface area contributed by atoms with Gasteiger partial charge in [-0.15, -0.1) is 0 Å². The van der Waals surface area contributed by atoms with E-state index in [0.717, 1.165) is 17.7 Å². The van der Waals surface area contributed by atoms with E-state index in [1.54, 1.807) is 30.3 Å². The zero-order valence-corrected chi connectivity index (χ0v) is 19.3. The van der Waals surface area contributed by atoms with Crippen molar-refractivity contribution in [3.05, 3.63) is 99.0 Å². The first kappa shape index (κ1) is 23.7. The molecule has 0 unspecified atom stereocenters. The molecule has 0 atom stereocenters. The molecule has 0 spiro atoms. The smallest absolute Gasteiger partial charge is 0.258 e. The van der Waals surface area contributed by atoms with Gasteiger partial charge in [0.15, 0.2) is 5.82 Å². The van der Waals surface area contributed by atoms with Gasteiger partial charge in [0.1, 0.15) is 11.6 Å². The number of amides is 1. The Morgan fingerprint density at radius 3 is 2.38 bits per heavy atom. The molecule has 3 N–H and O–H groups in total. The lowest BCUT2D eigenvalue weighted by Gasteiger charge is -2.12. The molecule has 4 aromatic rings. The second-order valence-corrected chi connectivity index (χ2v) is 8.25. The lowest BCUT2D eigenvalue weighted by atomic mass is 10.1. The number of carbonyl (C=O) groups is 1. The number of aromatic nitrogens is 2. The third-order valence-electron chi connectivity index (χ3n) is 4.48. The van der Waals surface area contributed by atoms with Crippen molar-refractivity contribution < 1.29 is 13.6 Å². The molecule has 6 nitrogen and oxygen atoms in total. The van der Waals surface area contributed by atoms with Gasteiger partial charge in [-0.1, -0.05) is 46.9 Å². The van der Waals surface area contributed by atoms with E-state index in [2.05, 4.69) is 25.8 Å². The Hall–Kier alpha value is -3.46. The SMILES string of the molecule is O=C(NC(=Nc1cc(-c2ccc(Cl)cc2)[nH]n1)Nc1cc(F)cc(Cl)c1)c1ccc(Cl)c(F)c1. The fraction of sp³-hybridized carbons (Fsp3) is 0. The minimum Gasteiger partial charge on any atom is -0.325 e. The third kappa shape index (κ3) is 5.91. The number of rotatable bonds is 4. The molecule has 3 aromatic carbocycles. The summed E-state index contributed by atoms with van der Waals surface area (Å²) < 4.78 is 27.6. The number of hydrogen-bond donors (Lipinski definition) is 3. The van der Waals surface area contributed by atoms with Crippen LogP contribution in [-0.4, -0.2) is 22.1 Å². The molecule has 0 saturated carbocycles. The number of aliphatic imine (C=N–C) groups is 1.